The van der Waals surface area contributed by atoms with Crippen molar-refractivity contribution in [1.29, 1.82) is 0 Å². The zero-order valence-electron chi connectivity index (χ0n) is 2.97. The van der Waals surface area contributed by atoms with Crippen molar-refractivity contribution in [2.75, 3.05) is 0 Å². The molecule has 4 heteroatoms. The van der Waals surface area contributed by atoms with Crippen molar-refractivity contribution in [2.45, 2.75) is 0 Å². The van der Waals surface area contributed by atoms with Crippen LogP contribution in [0.4, 0.5) is 0 Å². The van der Waals surface area contributed by atoms with Crippen LogP contribution in [0.15, 0.2) is 0 Å². The smallest absolute Gasteiger partial charge is 0.268 e. The van der Waals surface area contributed by atoms with Gasteiger partial charge in [0, 0.05) is 0 Å². The van der Waals surface area contributed by atoms with Crippen LogP contribution in [0.1, 0.15) is 0 Å². The van der Waals surface area contributed by atoms with Gasteiger partial charge in [0.15, 0.2) is 0 Å². The van der Waals surface area contributed by atoms with Crippen LogP contribution in [0, 0.1) is 0 Å². The van der Waals surface area contributed by atoms with E-state index in [-0.39, 0.29) is 0 Å². The Balaban J connectivity index is 3.23. The third-order valence-corrected chi connectivity index (χ3v) is 0.463. The SMILES string of the molecule is NNC(=O)C=S. The predicted octanol–water partition coefficient (Wildman–Crippen LogP) is -1.02. The highest BCUT2D eigenvalue weighted by Gasteiger charge is 1.81. The molecule has 0 saturated carbocycles. The number of amides is 1. The summed E-state index contributed by atoms with van der Waals surface area (Å²) in [6.07, 6.45) is 0. The summed E-state index contributed by atoms with van der Waals surface area (Å²) in [6.45, 7) is 0. The lowest BCUT2D eigenvalue weighted by Gasteiger charge is -1.81. The summed E-state index contributed by atoms with van der Waals surface area (Å²) in [7, 11) is 0. The average Bonchev–Trinajstić information content (AvgIpc) is 1.65. The van der Waals surface area contributed by atoms with Crippen molar-refractivity contribution in [3.63, 3.8) is 0 Å². The number of rotatable bonds is 1. The van der Waals surface area contributed by atoms with Gasteiger partial charge in [0.2, 0.25) is 0 Å². The number of carbonyl (C=O) groups is 1. The summed E-state index contributed by atoms with van der Waals surface area (Å²) in [5.41, 5.74) is 1.82. The Kier molecular flexibility index (Phi) is 2.52. The lowest BCUT2D eigenvalue weighted by atomic mass is 10.8. The molecule has 0 unspecified atom stereocenters. The van der Waals surface area contributed by atoms with Gasteiger partial charge in [-0.1, -0.05) is 12.2 Å². The lowest BCUT2D eigenvalue weighted by molar-refractivity contribution is -0.114. The normalized spacial score (nSPS) is 6.83. The molecule has 0 fully saturated rings. The molecule has 0 saturated heterocycles. The Bertz CT molecular complexity index is 71.9. The summed E-state index contributed by atoms with van der Waals surface area (Å²) < 4.78 is 0. The minimum atomic E-state index is -0.440. The Labute approximate surface area is 40.5 Å². The summed E-state index contributed by atoms with van der Waals surface area (Å²) in [6, 6.07) is 0. The summed E-state index contributed by atoms with van der Waals surface area (Å²) >= 11 is 4.16. The molecule has 0 bridgehead atoms. The van der Waals surface area contributed by atoms with Crippen LogP contribution in [0.5, 0.6) is 0 Å². The van der Waals surface area contributed by atoms with E-state index in [0.29, 0.717) is 0 Å². The van der Waals surface area contributed by atoms with Gasteiger partial charge in [0.05, 0.1) is 5.37 Å². The molecule has 0 spiro atoms. The average molecular weight is 104 g/mol. The highest BCUT2D eigenvalue weighted by Crippen LogP contribution is 1.47. The first-order chi connectivity index (χ1) is 2.81. The third-order valence-electron chi connectivity index (χ3n) is 0.249. The number of hydrazine groups is 1. The van der Waals surface area contributed by atoms with Gasteiger partial charge in [-0.05, 0) is 0 Å². The van der Waals surface area contributed by atoms with E-state index in [1.54, 1.807) is 0 Å². The second-order valence-corrected chi connectivity index (χ2v) is 0.862. The largest absolute Gasteiger partial charge is 0.290 e. The van der Waals surface area contributed by atoms with E-state index in [0.717, 1.165) is 5.37 Å². The highest BCUT2D eigenvalue weighted by molar-refractivity contribution is 7.80. The van der Waals surface area contributed by atoms with Crippen molar-refractivity contribution in [2.24, 2.45) is 5.84 Å². The van der Waals surface area contributed by atoms with Gasteiger partial charge in [-0.3, -0.25) is 10.2 Å². The van der Waals surface area contributed by atoms with Crippen LogP contribution < -0.4 is 11.3 Å². The summed E-state index contributed by atoms with van der Waals surface area (Å²) in [5, 5.41) is 0.931. The number of nitrogens with one attached hydrogen (secondary N) is 1. The Morgan fingerprint density at radius 1 is 2.00 bits per heavy atom. The number of carbonyl (C=O) groups excluding carboxylic acids is 1. The van der Waals surface area contributed by atoms with Crippen molar-refractivity contribution in [1.82, 2.24) is 5.43 Å². The van der Waals surface area contributed by atoms with E-state index in [2.05, 4.69) is 18.1 Å². The monoisotopic (exact) mass is 104 g/mol. The highest BCUT2D eigenvalue weighted by atomic mass is 32.1. The molecular formula is C2H4N2OS. The van der Waals surface area contributed by atoms with Gasteiger partial charge < -0.3 is 0 Å². The first-order valence-corrected chi connectivity index (χ1v) is 1.74. The minimum absolute atomic E-state index is 0.440. The van der Waals surface area contributed by atoms with E-state index in [1.165, 1.54) is 0 Å². The molecule has 0 aliphatic heterocycles. The van der Waals surface area contributed by atoms with Crippen LogP contribution in [-0.2, 0) is 4.79 Å². The van der Waals surface area contributed by atoms with E-state index in [4.69, 9.17) is 0 Å². The maximum Gasteiger partial charge on any atom is 0.268 e. The van der Waals surface area contributed by atoms with Crippen molar-refractivity contribution in [3.05, 3.63) is 0 Å². The molecule has 0 aliphatic rings. The minimum Gasteiger partial charge on any atom is -0.290 e. The number of thiocarbonyl (C=S) groups is 1. The maximum absolute atomic E-state index is 9.78. The first-order valence-electron chi connectivity index (χ1n) is 1.27. The van der Waals surface area contributed by atoms with Crippen molar-refractivity contribution < 1.29 is 4.79 Å². The van der Waals surface area contributed by atoms with Gasteiger partial charge in [-0.2, -0.15) is 0 Å². The Morgan fingerprint density at radius 3 is 2.50 bits per heavy atom. The maximum atomic E-state index is 9.78. The van der Waals surface area contributed by atoms with E-state index in [1.807, 2.05) is 5.43 Å². The van der Waals surface area contributed by atoms with Crippen LogP contribution in [0.25, 0.3) is 0 Å². The Morgan fingerprint density at radius 2 is 2.50 bits per heavy atom. The molecule has 34 valence electrons. The van der Waals surface area contributed by atoms with E-state index >= 15 is 0 Å². The fourth-order valence-electron chi connectivity index (χ4n) is 0.0340. The molecule has 6 heavy (non-hydrogen) atoms. The number of hydrogen-bond donors (Lipinski definition) is 2. The molecule has 0 atom stereocenters. The number of nitrogens with two attached hydrogens (primary N) is 1. The van der Waals surface area contributed by atoms with E-state index < -0.39 is 5.91 Å². The van der Waals surface area contributed by atoms with Crippen LogP contribution in [0.2, 0.25) is 0 Å². The second kappa shape index (κ2) is 2.74. The van der Waals surface area contributed by atoms with Crippen LogP contribution >= 0.6 is 12.2 Å². The third kappa shape index (κ3) is 1.80. The topological polar surface area (TPSA) is 55.1 Å². The van der Waals surface area contributed by atoms with Gasteiger partial charge in [0.25, 0.3) is 5.91 Å². The molecule has 0 aromatic rings. The zero-order valence-corrected chi connectivity index (χ0v) is 3.79. The van der Waals surface area contributed by atoms with Gasteiger partial charge in [-0.15, -0.1) is 0 Å². The predicted molar refractivity (Wildman–Crippen MR) is 26.0 cm³/mol. The van der Waals surface area contributed by atoms with Crippen molar-refractivity contribution >= 4 is 23.5 Å². The lowest BCUT2D eigenvalue weighted by Crippen LogP contribution is -2.30. The fourth-order valence-corrected chi connectivity index (χ4v) is 0.102. The van der Waals surface area contributed by atoms with Gasteiger partial charge in [-0.25, -0.2) is 5.84 Å². The molecule has 3 nitrogen and oxygen atoms in total. The molecule has 0 aromatic heterocycles. The molecule has 3 N–H and O–H groups in total. The van der Waals surface area contributed by atoms with Gasteiger partial charge in [0.1, 0.15) is 0 Å². The van der Waals surface area contributed by atoms with Crippen LogP contribution in [0.3, 0.4) is 0 Å². The standard InChI is InChI=1S/C2H4N2OS/c3-4-2(5)1-6/h1H,3H2,(H,4,5). The quantitative estimate of drug-likeness (QED) is 0.194. The Hall–Kier alpha value is -0.480. The summed E-state index contributed by atoms with van der Waals surface area (Å²) in [4.78, 5) is 9.78. The molecule has 0 aromatic carbocycles. The second-order valence-electron chi connectivity index (χ2n) is 0.626. The first kappa shape index (κ1) is 5.52. The molecular weight excluding hydrogens is 100 g/mol. The van der Waals surface area contributed by atoms with E-state index in [9.17, 15) is 4.79 Å². The van der Waals surface area contributed by atoms with Crippen LogP contribution in [-0.4, -0.2) is 11.3 Å². The molecule has 0 heterocycles. The fraction of sp³-hybridized carbons (Fsp3) is 0. The van der Waals surface area contributed by atoms with Crippen molar-refractivity contribution in [3.8, 4) is 0 Å². The molecule has 0 aliphatic carbocycles. The summed E-state index contributed by atoms with van der Waals surface area (Å²) in [5.74, 6) is 4.15. The molecule has 0 radical (unpaired) electrons. The molecule has 0 rings (SSSR count). The zero-order chi connectivity index (χ0) is 4.99. The van der Waals surface area contributed by atoms with Gasteiger partial charge >= 0.3 is 0 Å². The number of hydrogen-bond acceptors (Lipinski definition) is 3. The molecule has 1 amide bonds.